The van der Waals surface area contributed by atoms with Gasteiger partial charge in [-0.25, -0.2) is 9.37 Å². The summed E-state index contributed by atoms with van der Waals surface area (Å²) in [5.74, 6) is -0.139. The molecule has 0 aliphatic rings. The van der Waals surface area contributed by atoms with Crippen molar-refractivity contribution in [1.82, 2.24) is 9.97 Å². The fourth-order valence-electron chi connectivity index (χ4n) is 1.34. The highest BCUT2D eigenvalue weighted by molar-refractivity contribution is 6.32. The van der Waals surface area contributed by atoms with Crippen LogP contribution in [-0.2, 0) is 0 Å². The third-order valence-corrected chi connectivity index (χ3v) is 2.67. The molecule has 4 nitrogen and oxygen atoms in total. The summed E-state index contributed by atoms with van der Waals surface area (Å²) < 4.78 is 13.3. The van der Waals surface area contributed by atoms with Gasteiger partial charge in [0.25, 0.3) is 5.56 Å². The number of aromatic nitrogens is 2. The van der Waals surface area contributed by atoms with E-state index in [4.69, 9.17) is 11.6 Å². The first kappa shape index (κ1) is 11.6. The van der Waals surface area contributed by atoms with Crippen molar-refractivity contribution in [2.75, 3.05) is 5.32 Å². The first-order valence-electron chi connectivity index (χ1n) is 4.85. The molecule has 88 valence electrons. The minimum absolute atomic E-state index is 0.0591. The Kier molecular flexibility index (Phi) is 3.10. The molecule has 0 aliphatic heterocycles. The number of H-pyrrole nitrogens is 1. The Balaban J connectivity index is 2.42. The maximum absolute atomic E-state index is 13.3. The zero-order valence-corrected chi connectivity index (χ0v) is 9.68. The van der Waals surface area contributed by atoms with Crippen molar-refractivity contribution in [2.45, 2.75) is 6.92 Å². The lowest BCUT2D eigenvalue weighted by Gasteiger charge is -2.09. The molecule has 0 amide bonds. The highest BCUT2D eigenvalue weighted by Crippen LogP contribution is 2.23. The molecule has 0 radical (unpaired) electrons. The molecule has 0 fully saturated rings. The number of nitrogens with zero attached hydrogens (tertiary/aromatic N) is 1. The fraction of sp³-hybridized carbons (Fsp3) is 0.0909. The van der Waals surface area contributed by atoms with Crippen molar-refractivity contribution >= 4 is 23.1 Å². The van der Waals surface area contributed by atoms with Crippen molar-refractivity contribution in [3.63, 3.8) is 0 Å². The molecule has 0 bridgehead atoms. The lowest BCUT2D eigenvalue weighted by molar-refractivity contribution is 0.619. The molecule has 1 aromatic heterocycles. The number of aromatic amines is 1. The van der Waals surface area contributed by atoms with E-state index in [1.807, 2.05) is 0 Å². The number of anilines is 2. The highest BCUT2D eigenvalue weighted by Gasteiger charge is 2.08. The van der Waals surface area contributed by atoms with Gasteiger partial charge in [0.15, 0.2) is 5.82 Å². The highest BCUT2D eigenvalue weighted by atomic mass is 35.5. The summed E-state index contributed by atoms with van der Waals surface area (Å²) in [6.45, 7) is 1.62. The molecule has 0 saturated carbocycles. The molecule has 0 aliphatic carbocycles. The number of halogens is 2. The Bertz CT molecular complexity index is 612. The molecule has 2 rings (SSSR count). The third kappa shape index (κ3) is 2.29. The summed E-state index contributed by atoms with van der Waals surface area (Å²) in [6.07, 6.45) is 1.23. The maximum Gasteiger partial charge on any atom is 0.271 e. The van der Waals surface area contributed by atoms with E-state index in [1.54, 1.807) is 19.1 Å². The molecule has 0 spiro atoms. The van der Waals surface area contributed by atoms with E-state index >= 15 is 0 Å². The summed E-state index contributed by atoms with van der Waals surface area (Å²) in [5.41, 5.74) is 0.508. The fourth-order valence-corrected chi connectivity index (χ4v) is 1.49. The first-order valence-corrected chi connectivity index (χ1v) is 5.22. The quantitative estimate of drug-likeness (QED) is 0.865. The Hall–Kier alpha value is -1.88. The Morgan fingerprint density at radius 3 is 3.00 bits per heavy atom. The predicted molar refractivity (Wildman–Crippen MR) is 64.3 cm³/mol. The van der Waals surface area contributed by atoms with Gasteiger partial charge in [0.05, 0.1) is 6.33 Å². The summed E-state index contributed by atoms with van der Waals surface area (Å²) in [5, 5.41) is 2.76. The zero-order valence-electron chi connectivity index (χ0n) is 8.92. The van der Waals surface area contributed by atoms with Crippen molar-refractivity contribution in [3.05, 3.63) is 51.3 Å². The second-order valence-corrected chi connectivity index (χ2v) is 3.81. The lowest BCUT2D eigenvalue weighted by atomic mass is 10.2. The zero-order chi connectivity index (χ0) is 12.4. The normalized spacial score (nSPS) is 10.3. The molecule has 0 atom stereocenters. The standard InChI is InChI=1S/C11H9ClFN3O/c1-6-7(13)3-2-4-8(6)16-10-9(12)11(17)15-5-14-10/h2-5H,1H3,(H2,14,15,16,17). The van der Waals surface area contributed by atoms with Gasteiger partial charge in [0, 0.05) is 11.3 Å². The van der Waals surface area contributed by atoms with Gasteiger partial charge >= 0.3 is 0 Å². The minimum Gasteiger partial charge on any atom is -0.338 e. The minimum atomic E-state index is -0.446. The van der Waals surface area contributed by atoms with E-state index in [1.165, 1.54) is 12.4 Å². The first-order chi connectivity index (χ1) is 8.09. The van der Waals surface area contributed by atoms with Crippen LogP contribution in [0.2, 0.25) is 5.02 Å². The molecule has 2 N–H and O–H groups in total. The van der Waals surface area contributed by atoms with Crippen LogP contribution in [0.25, 0.3) is 0 Å². The van der Waals surface area contributed by atoms with Crippen LogP contribution in [0, 0.1) is 12.7 Å². The maximum atomic E-state index is 13.3. The van der Waals surface area contributed by atoms with Gasteiger partial charge in [-0.05, 0) is 19.1 Å². The van der Waals surface area contributed by atoms with E-state index in [9.17, 15) is 9.18 Å². The van der Waals surface area contributed by atoms with Crippen LogP contribution in [0.4, 0.5) is 15.9 Å². The number of hydrogen-bond donors (Lipinski definition) is 2. The number of benzene rings is 1. The van der Waals surface area contributed by atoms with Crippen LogP contribution in [0.3, 0.4) is 0 Å². The van der Waals surface area contributed by atoms with E-state index in [0.717, 1.165) is 0 Å². The smallest absolute Gasteiger partial charge is 0.271 e. The van der Waals surface area contributed by atoms with Gasteiger partial charge in [-0.2, -0.15) is 0 Å². The van der Waals surface area contributed by atoms with Crippen LogP contribution in [-0.4, -0.2) is 9.97 Å². The average molecular weight is 254 g/mol. The van der Waals surface area contributed by atoms with Gasteiger partial charge in [-0.3, -0.25) is 4.79 Å². The van der Waals surface area contributed by atoms with Gasteiger partial charge in [-0.15, -0.1) is 0 Å². The Labute approximate surface area is 101 Å². The molecule has 1 aromatic carbocycles. The molecule has 6 heteroatoms. The predicted octanol–water partition coefficient (Wildman–Crippen LogP) is 2.61. The molecule has 0 saturated heterocycles. The van der Waals surface area contributed by atoms with E-state index < -0.39 is 5.56 Å². The second-order valence-electron chi connectivity index (χ2n) is 3.43. The van der Waals surface area contributed by atoms with Crippen molar-refractivity contribution < 1.29 is 4.39 Å². The van der Waals surface area contributed by atoms with E-state index in [-0.39, 0.29) is 16.7 Å². The monoisotopic (exact) mass is 253 g/mol. The Morgan fingerprint density at radius 1 is 1.47 bits per heavy atom. The van der Waals surface area contributed by atoms with Gasteiger partial charge < -0.3 is 10.3 Å². The largest absolute Gasteiger partial charge is 0.338 e. The number of nitrogens with one attached hydrogen (secondary N) is 2. The topological polar surface area (TPSA) is 57.8 Å². The van der Waals surface area contributed by atoms with E-state index in [0.29, 0.717) is 11.3 Å². The SMILES string of the molecule is Cc1c(F)cccc1Nc1nc[nH]c(=O)c1Cl. The van der Waals surface area contributed by atoms with Crippen LogP contribution in [0.5, 0.6) is 0 Å². The molecular weight excluding hydrogens is 245 g/mol. The van der Waals surface area contributed by atoms with Crippen LogP contribution < -0.4 is 10.9 Å². The van der Waals surface area contributed by atoms with Gasteiger partial charge in [0.2, 0.25) is 0 Å². The third-order valence-electron chi connectivity index (χ3n) is 2.32. The van der Waals surface area contributed by atoms with Gasteiger partial charge in [-0.1, -0.05) is 17.7 Å². The summed E-state index contributed by atoms with van der Waals surface area (Å²) >= 11 is 5.77. The molecule has 1 heterocycles. The van der Waals surface area contributed by atoms with Crippen molar-refractivity contribution in [2.24, 2.45) is 0 Å². The molecular formula is C11H9ClFN3O. The molecule has 0 unspecified atom stereocenters. The van der Waals surface area contributed by atoms with E-state index in [2.05, 4.69) is 15.3 Å². The van der Waals surface area contributed by atoms with Crippen molar-refractivity contribution in [3.8, 4) is 0 Å². The average Bonchev–Trinajstić information content (AvgIpc) is 2.31. The van der Waals surface area contributed by atoms with Crippen LogP contribution >= 0.6 is 11.6 Å². The summed E-state index contributed by atoms with van der Waals surface area (Å²) in [7, 11) is 0. The van der Waals surface area contributed by atoms with Crippen molar-refractivity contribution in [1.29, 1.82) is 0 Å². The molecule has 2 aromatic rings. The number of rotatable bonds is 2. The number of hydrogen-bond acceptors (Lipinski definition) is 3. The van der Waals surface area contributed by atoms with Gasteiger partial charge in [0.1, 0.15) is 10.8 Å². The molecule has 17 heavy (non-hydrogen) atoms. The Morgan fingerprint density at radius 2 is 2.24 bits per heavy atom. The summed E-state index contributed by atoms with van der Waals surface area (Å²) in [4.78, 5) is 17.5. The van der Waals surface area contributed by atoms with Crippen LogP contribution in [0.15, 0.2) is 29.3 Å². The second kappa shape index (κ2) is 4.55. The lowest BCUT2D eigenvalue weighted by Crippen LogP contribution is -2.10. The summed E-state index contributed by atoms with van der Waals surface area (Å²) in [6, 6.07) is 4.59. The van der Waals surface area contributed by atoms with Crippen LogP contribution in [0.1, 0.15) is 5.56 Å².